The second-order valence-corrected chi connectivity index (χ2v) is 8.95. The summed E-state index contributed by atoms with van der Waals surface area (Å²) >= 11 is 0. The van der Waals surface area contributed by atoms with Crippen molar-refractivity contribution in [1.82, 2.24) is 19.4 Å². The van der Waals surface area contributed by atoms with Crippen LogP contribution in [0.25, 0.3) is 10.9 Å². The van der Waals surface area contributed by atoms with Gasteiger partial charge in [-0.2, -0.15) is 0 Å². The fourth-order valence-electron chi connectivity index (χ4n) is 4.71. The van der Waals surface area contributed by atoms with Gasteiger partial charge < -0.3 is 9.64 Å². The van der Waals surface area contributed by atoms with Gasteiger partial charge >= 0.3 is 5.97 Å². The number of benzene rings is 2. The second-order valence-electron chi connectivity index (χ2n) is 8.95. The number of amides is 1. The third kappa shape index (κ3) is 4.46. The Morgan fingerprint density at radius 2 is 1.79 bits per heavy atom. The predicted octanol–water partition coefficient (Wildman–Crippen LogP) is 2.23. The normalized spacial score (nSPS) is 16.9. The average molecular weight is 461 g/mol. The summed E-state index contributed by atoms with van der Waals surface area (Å²) in [4.78, 5) is 46.9. The van der Waals surface area contributed by atoms with Crippen LogP contribution in [-0.2, 0) is 29.0 Å². The first-order valence-corrected chi connectivity index (χ1v) is 11.8. The van der Waals surface area contributed by atoms with Crippen LogP contribution in [-0.4, -0.2) is 63.5 Å². The first-order chi connectivity index (χ1) is 16.5. The standard InChI is InChI=1S/C26H28N4O4/c1-18(24(31)29-14-12-28(13-15-29)17-19-6-3-2-4-7-19)34-26(33)20-9-10-21-22(16-20)27-23-8-5-11-30(23)25(21)32/h2-4,6-7,9-10,16,18H,5,8,11-15,17H2,1H3. The topological polar surface area (TPSA) is 84.7 Å². The van der Waals surface area contributed by atoms with Crippen molar-refractivity contribution >= 4 is 22.8 Å². The molecule has 8 heteroatoms. The van der Waals surface area contributed by atoms with Crippen molar-refractivity contribution in [3.63, 3.8) is 0 Å². The van der Waals surface area contributed by atoms with E-state index < -0.39 is 12.1 Å². The van der Waals surface area contributed by atoms with Gasteiger partial charge in [0, 0.05) is 45.7 Å². The molecule has 1 unspecified atom stereocenters. The maximum absolute atomic E-state index is 12.9. The number of piperazine rings is 1. The molecule has 0 bridgehead atoms. The number of aromatic nitrogens is 2. The van der Waals surface area contributed by atoms with Crippen LogP contribution in [0.4, 0.5) is 0 Å². The van der Waals surface area contributed by atoms with Crippen molar-refractivity contribution in [1.29, 1.82) is 0 Å². The molecule has 3 aromatic rings. The Labute approximate surface area is 197 Å². The molecule has 0 N–H and O–H groups in total. The highest BCUT2D eigenvalue weighted by atomic mass is 16.5. The summed E-state index contributed by atoms with van der Waals surface area (Å²) in [7, 11) is 0. The zero-order valence-electron chi connectivity index (χ0n) is 19.3. The van der Waals surface area contributed by atoms with Gasteiger partial charge in [-0.25, -0.2) is 9.78 Å². The number of nitrogens with zero attached hydrogens (tertiary/aromatic N) is 4. The summed E-state index contributed by atoms with van der Waals surface area (Å²) in [6, 6.07) is 15.0. The van der Waals surface area contributed by atoms with Crippen LogP contribution in [0.1, 0.15) is 35.1 Å². The highest BCUT2D eigenvalue weighted by Gasteiger charge is 2.28. The number of carbonyl (C=O) groups excluding carboxylic acids is 2. The van der Waals surface area contributed by atoms with Crippen molar-refractivity contribution < 1.29 is 14.3 Å². The highest BCUT2D eigenvalue weighted by molar-refractivity contribution is 5.95. The summed E-state index contributed by atoms with van der Waals surface area (Å²) in [5.41, 5.74) is 1.95. The number of carbonyl (C=O) groups is 2. The first kappa shape index (κ1) is 22.3. The number of esters is 1. The molecule has 2 aliphatic heterocycles. The minimum atomic E-state index is -0.887. The lowest BCUT2D eigenvalue weighted by Crippen LogP contribution is -2.51. The van der Waals surface area contributed by atoms with Crippen molar-refractivity contribution in [2.45, 2.75) is 39.0 Å². The average Bonchev–Trinajstić information content (AvgIpc) is 3.33. The molecule has 1 fully saturated rings. The lowest BCUT2D eigenvalue weighted by atomic mass is 10.1. The molecule has 8 nitrogen and oxygen atoms in total. The maximum Gasteiger partial charge on any atom is 0.338 e. The fourth-order valence-corrected chi connectivity index (χ4v) is 4.71. The van der Waals surface area contributed by atoms with Gasteiger partial charge in [0.05, 0.1) is 16.5 Å². The van der Waals surface area contributed by atoms with Gasteiger partial charge in [0.2, 0.25) is 0 Å². The molecule has 5 rings (SSSR count). The maximum atomic E-state index is 12.9. The van der Waals surface area contributed by atoms with Crippen molar-refractivity contribution in [3.8, 4) is 0 Å². The van der Waals surface area contributed by atoms with E-state index in [2.05, 4.69) is 22.0 Å². The summed E-state index contributed by atoms with van der Waals surface area (Å²) in [6.45, 7) is 5.90. The Morgan fingerprint density at radius 3 is 2.56 bits per heavy atom. The van der Waals surface area contributed by atoms with E-state index in [1.807, 2.05) is 18.2 Å². The molecule has 0 saturated carbocycles. The Balaban J connectivity index is 1.19. The van der Waals surface area contributed by atoms with Crippen molar-refractivity contribution in [2.24, 2.45) is 0 Å². The van der Waals surface area contributed by atoms with Gasteiger partial charge in [-0.15, -0.1) is 0 Å². The van der Waals surface area contributed by atoms with E-state index in [9.17, 15) is 14.4 Å². The van der Waals surface area contributed by atoms with E-state index in [-0.39, 0.29) is 17.0 Å². The Morgan fingerprint density at radius 1 is 1.03 bits per heavy atom. The van der Waals surface area contributed by atoms with Crippen LogP contribution >= 0.6 is 0 Å². The molecule has 2 aliphatic rings. The third-order valence-electron chi connectivity index (χ3n) is 6.62. The van der Waals surface area contributed by atoms with Crippen LogP contribution in [0.15, 0.2) is 53.3 Å². The van der Waals surface area contributed by atoms with E-state index >= 15 is 0 Å². The molecule has 1 saturated heterocycles. The zero-order chi connectivity index (χ0) is 23.7. The molecular formula is C26H28N4O4. The number of hydrogen-bond donors (Lipinski definition) is 0. The van der Waals surface area contributed by atoms with Crippen LogP contribution in [0.3, 0.4) is 0 Å². The fraction of sp³-hybridized carbons (Fsp3) is 0.385. The van der Waals surface area contributed by atoms with Crippen LogP contribution in [0.5, 0.6) is 0 Å². The molecule has 0 spiro atoms. The number of hydrogen-bond acceptors (Lipinski definition) is 6. The van der Waals surface area contributed by atoms with Gasteiger partial charge in [0.15, 0.2) is 6.10 Å². The molecular weight excluding hydrogens is 432 g/mol. The summed E-state index contributed by atoms with van der Waals surface area (Å²) in [5, 5.41) is 0.486. The smallest absolute Gasteiger partial charge is 0.338 e. The Bertz CT molecular complexity index is 1280. The minimum absolute atomic E-state index is 0.0765. The molecule has 34 heavy (non-hydrogen) atoms. The molecule has 1 amide bonds. The van der Waals surface area contributed by atoms with Crippen LogP contribution in [0.2, 0.25) is 0 Å². The third-order valence-corrected chi connectivity index (χ3v) is 6.62. The lowest BCUT2D eigenvalue weighted by Gasteiger charge is -2.35. The molecule has 3 heterocycles. The number of ether oxygens (including phenoxy) is 1. The van der Waals surface area contributed by atoms with E-state index in [1.54, 1.807) is 34.6 Å². The highest BCUT2D eigenvalue weighted by Crippen LogP contribution is 2.18. The quantitative estimate of drug-likeness (QED) is 0.543. The second kappa shape index (κ2) is 9.38. The molecule has 176 valence electrons. The van der Waals surface area contributed by atoms with E-state index in [0.29, 0.717) is 30.5 Å². The zero-order valence-corrected chi connectivity index (χ0v) is 19.3. The predicted molar refractivity (Wildman–Crippen MR) is 128 cm³/mol. The number of rotatable bonds is 5. The summed E-state index contributed by atoms with van der Waals surface area (Å²) in [5.74, 6) is -0.0338. The van der Waals surface area contributed by atoms with E-state index in [1.165, 1.54) is 5.56 Å². The molecule has 0 aliphatic carbocycles. The number of aryl methyl sites for hydroxylation is 1. The van der Waals surface area contributed by atoms with Crippen molar-refractivity contribution in [2.75, 3.05) is 26.2 Å². The molecule has 1 aromatic heterocycles. The van der Waals surface area contributed by atoms with E-state index in [4.69, 9.17) is 4.74 Å². The van der Waals surface area contributed by atoms with Gasteiger partial charge in [-0.3, -0.25) is 19.1 Å². The lowest BCUT2D eigenvalue weighted by molar-refractivity contribution is -0.141. The van der Waals surface area contributed by atoms with Gasteiger partial charge in [0.25, 0.3) is 11.5 Å². The van der Waals surface area contributed by atoms with E-state index in [0.717, 1.165) is 38.3 Å². The Hall–Kier alpha value is -3.52. The van der Waals surface area contributed by atoms with Gasteiger partial charge in [-0.05, 0) is 37.1 Å². The Kier molecular flexibility index (Phi) is 6.15. The van der Waals surface area contributed by atoms with Crippen molar-refractivity contribution in [3.05, 3.63) is 75.8 Å². The summed E-state index contributed by atoms with van der Waals surface area (Å²) < 4.78 is 7.19. The van der Waals surface area contributed by atoms with Gasteiger partial charge in [-0.1, -0.05) is 30.3 Å². The minimum Gasteiger partial charge on any atom is -0.449 e. The van der Waals surface area contributed by atoms with Crippen LogP contribution < -0.4 is 5.56 Å². The first-order valence-electron chi connectivity index (χ1n) is 11.8. The van der Waals surface area contributed by atoms with Crippen LogP contribution in [0, 0.1) is 0 Å². The SMILES string of the molecule is CC(OC(=O)c1ccc2c(=O)n3c(nc2c1)CCC3)C(=O)N1CCN(Cc2ccccc2)CC1. The largest absolute Gasteiger partial charge is 0.449 e. The van der Waals surface area contributed by atoms with Gasteiger partial charge in [0.1, 0.15) is 5.82 Å². The monoisotopic (exact) mass is 460 g/mol. The molecule has 2 aromatic carbocycles. The molecule has 0 radical (unpaired) electrons. The summed E-state index contributed by atoms with van der Waals surface area (Å²) in [6.07, 6.45) is 0.764. The number of fused-ring (bicyclic) bond motifs is 2. The molecule has 1 atom stereocenters.